The molecule has 24 heavy (non-hydrogen) atoms. The number of likely N-dealkylation sites (N-methyl/N-ethyl adjacent to an activating group) is 2. The van der Waals surface area contributed by atoms with Gasteiger partial charge in [-0.15, -0.1) is 0 Å². The van der Waals surface area contributed by atoms with Crippen molar-refractivity contribution in [1.29, 1.82) is 5.26 Å². The summed E-state index contributed by atoms with van der Waals surface area (Å²) in [6, 6.07) is 6.41. The van der Waals surface area contributed by atoms with Crippen molar-refractivity contribution in [3.05, 3.63) is 54.0 Å². The molecule has 0 radical (unpaired) electrons. The highest BCUT2D eigenvalue weighted by molar-refractivity contribution is 6.09. The zero-order valence-electron chi connectivity index (χ0n) is 13.7. The quantitative estimate of drug-likeness (QED) is 0.472. The van der Waals surface area contributed by atoms with Crippen molar-refractivity contribution in [2.24, 2.45) is 0 Å². The van der Waals surface area contributed by atoms with Crippen molar-refractivity contribution in [1.82, 2.24) is 0 Å². The second-order valence-corrected chi connectivity index (χ2v) is 4.77. The van der Waals surface area contributed by atoms with E-state index in [1.807, 2.05) is 0 Å². The highest BCUT2D eigenvalue weighted by Gasteiger charge is 2.19. The number of nitriles is 1. The first-order valence-corrected chi connectivity index (χ1v) is 6.67. The minimum absolute atomic E-state index is 0.215. The van der Waals surface area contributed by atoms with Crippen LogP contribution in [0.15, 0.2) is 42.6 Å². The average Bonchev–Trinajstić information content (AvgIpc) is 2.63. The van der Waals surface area contributed by atoms with E-state index in [0.29, 0.717) is 17.1 Å². The van der Waals surface area contributed by atoms with Crippen molar-refractivity contribution in [2.75, 3.05) is 31.0 Å². The molecule has 0 N–H and O–H groups in total. The molecule has 7 heteroatoms. The first-order chi connectivity index (χ1) is 11.3. The third kappa shape index (κ3) is 3.79. The largest absolute Gasteiger partial charge is 0.497 e. The SMILES string of the molecule is [C-]#[N+]C(=C)C(=O)N(C)c1cc(OC)cc(N(C)C(=O)C(=C)C#N)c1. The van der Waals surface area contributed by atoms with Gasteiger partial charge in [0.2, 0.25) is 5.70 Å². The number of ether oxygens (including phenoxy) is 1. The van der Waals surface area contributed by atoms with E-state index in [9.17, 15) is 9.59 Å². The highest BCUT2D eigenvalue weighted by atomic mass is 16.5. The molecule has 0 saturated carbocycles. The molecule has 2 amide bonds. The molecule has 0 heterocycles. The molecule has 0 saturated heterocycles. The maximum absolute atomic E-state index is 12.1. The Morgan fingerprint density at radius 1 is 1.17 bits per heavy atom. The fourth-order valence-electron chi connectivity index (χ4n) is 1.80. The Morgan fingerprint density at radius 2 is 1.67 bits per heavy atom. The van der Waals surface area contributed by atoms with Crippen molar-refractivity contribution >= 4 is 23.2 Å². The number of benzene rings is 1. The van der Waals surface area contributed by atoms with Crippen molar-refractivity contribution in [3.8, 4) is 11.8 Å². The lowest BCUT2D eigenvalue weighted by atomic mass is 10.2. The van der Waals surface area contributed by atoms with Gasteiger partial charge in [-0.2, -0.15) is 5.26 Å². The summed E-state index contributed by atoms with van der Waals surface area (Å²) in [7, 11) is 4.40. The van der Waals surface area contributed by atoms with Crippen LogP contribution in [0.25, 0.3) is 4.85 Å². The van der Waals surface area contributed by atoms with E-state index in [0.717, 1.165) is 0 Å². The van der Waals surface area contributed by atoms with Crippen LogP contribution < -0.4 is 14.5 Å². The van der Waals surface area contributed by atoms with Crippen LogP contribution in [0.3, 0.4) is 0 Å². The van der Waals surface area contributed by atoms with E-state index in [4.69, 9.17) is 16.6 Å². The van der Waals surface area contributed by atoms with Gasteiger partial charge in [0, 0.05) is 37.6 Å². The van der Waals surface area contributed by atoms with Crippen molar-refractivity contribution < 1.29 is 14.3 Å². The van der Waals surface area contributed by atoms with Gasteiger partial charge in [0.25, 0.3) is 11.8 Å². The van der Waals surface area contributed by atoms with Gasteiger partial charge in [-0.1, -0.05) is 13.2 Å². The van der Waals surface area contributed by atoms with Crippen LogP contribution in [-0.4, -0.2) is 33.0 Å². The zero-order chi connectivity index (χ0) is 18.4. The van der Waals surface area contributed by atoms with Crippen molar-refractivity contribution in [3.63, 3.8) is 0 Å². The van der Waals surface area contributed by atoms with Gasteiger partial charge < -0.3 is 14.5 Å². The molecule has 0 aliphatic heterocycles. The maximum atomic E-state index is 12.1. The van der Waals surface area contributed by atoms with E-state index in [-0.39, 0.29) is 11.3 Å². The number of rotatable bonds is 5. The Bertz CT molecular complexity index is 737. The minimum Gasteiger partial charge on any atom is -0.497 e. The molecule has 1 aromatic carbocycles. The monoisotopic (exact) mass is 324 g/mol. The fourth-order valence-corrected chi connectivity index (χ4v) is 1.80. The lowest BCUT2D eigenvalue weighted by molar-refractivity contribution is -0.115. The third-order valence-electron chi connectivity index (χ3n) is 3.27. The van der Waals surface area contributed by atoms with Gasteiger partial charge in [0.05, 0.1) is 13.7 Å². The molecule has 1 rings (SSSR count). The van der Waals surface area contributed by atoms with Gasteiger partial charge >= 0.3 is 0 Å². The summed E-state index contributed by atoms with van der Waals surface area (Å²) >= 11 is 0. The third-order valence-corrected chi connectivity index (χ3v) is 3.27. The van der Waals surface area contributed by atoms with Crippen LogP contribution in [0.1, 0.15) is 0 Å². The number of anilines is 2. The second kappa shape index (κ2) is 7.61. The van der Waals surface area contributed by atoms with Crippen LogP contribution in [0.5, 0.6) is 5.75 Å². The van der Waals surface area contributed by atoms with Gasteiger partial charge in [0.15, 0.2) is 0 Å². The summed E-state index contributed by atoms with van der Waals surface area (Å²) in [6.45, 7) is 13.7. The Labute approximate surface area is 140 Å². The average molecular weight is 324 g/mol. The predicted molar refractivity (Wildman–Crippen MR) is 90.3 cm³/mol. The van der Waals surface area contributed by atoms with Crippen LogP contribution in [0, 0.1) is 17.9 Å². The van der Waals surface area contributed by atoms with E-state index in [1.54, 1.807) is 24.3 Å². The molecule has 0 bridgehead atoms. The predicted octanol–water partition coefficient (Wildman–Crippen LogP) is 2.13. The molecule has 1 aromatic rings. The highest BCUT2D eigenvalue weighted by Crippen LogP contribution is 2.29. The smallest absolute Gasteiger partial charge is 0.268 e. The summed E-state index contributed by atoms with van der Waals surface area (Å²) in [5.74, 6) is -0.742. The maximum Gasteiger partial charge on any atom is 0.268 e. The summed E-state index contributed by atoms with van der Waals surface area (Å²) in [6.07, 6.45) is 0. The molecular formula is C17H16N4O3. The number of amides is 2. The normalized spacial score (nSPS) is 9.21. The first-order valence-electron chi connectivity index (χ1n) is 6.67. The lowest BCUT2D eigenvalue weighted by Gasteiger charge is -2.22. The van der Waals surface area contributed by atoms with Crippen LogP contribution in [0.4, 0.5) is 11.4 Å². The number of carbonyl (C=O) groups excluding carboxylic acids is 2. The molecule has 122 valence electrons. The number of hydrogen-bond acceptors (Lipinski definition) is 4. The van der Waals surface area contributed by atoms with Crippen LogP contribution >= 0.6 is 0 Å². The van der Waals surface area contributed by atoms with Crippen LogP contribution in [0.2, 0.25) is 0 Å². The molecule has 7 nitrogen and oxygen atoms in total. The molecule has 0 atom stereocenters. The van der Waals surface area contributed by atoms with Crippen LogP contribution in [-0.2, 0) is 9.59 Å². The topological polar surface area (TPSA) is 78.0 Å². The van der Waals surface area contributed by atoms with E-state index in [2.05, 4.69) is 18.0 Å². The van der Waals surface area contributed by atoms with Gasteiger partial charge in [0.1, 0.15) is 17.4 Å². The Balaban J connectivity index is 3.32. The molecule has 0 fully saturated rings. The Hall–Kier alpha value is -3.58. The first kappa shape index (κ1) is 18.5. The molecule has 0 aliphatic rings. The summed E-state index contributed by atoms with van der Waals surface area (Å²) in [5.41, 5.74) is 0.358. The molecule has 0 unspecified atom stereocenters. The van der Waals surface area contributed by atoms with Crippen molar-refractivity contribution in [2.45, 2.75) is 0 Å². The van der Waals surface area contributed by atoms with E-state index in [1.165, 1.54) is 31.0 Å². The summed E-state index contributed by atoms with van der Waals surface area (Å²) < 4.78 is 5.18. The number of methoxy groups -OCH3 is 1. The summed E-state index contributed by atoms with van der Waals surface area (Å²) in [4.78, 5) is 29.6. The standard InChI is InChI=1S/C17H16N4O3/c1-11(10-18)16(22)20(4)13-7-14(9-15(8-13)24-6)21(5)17(23)12(2)19-3/h7-9H,1-2H2,4-6H3. The molecule has 0 spiro atoms. The van der Waals surface area contributed by atoms with E-state index < -0.39 is 11.8 Å². The number of carbonyl (C=O) groups is 2. The lowest BCUT2D eigenvalue weighted by Crippen LogP contribution is -2.29. The van der Waals surface area contributed by atoms with E-state index >= 15 is 0 Å². The zero-order valence-corrected chi connectivity index (χ0v) is 13.7. The molecule has 0 aliphatic carbocycles. The Morgan fingerprint density at radius 3 is 2.08 bits per heavy atom. The summed E-state index contributed by atoms with van der Waals surface area (Å²) in [5, 5.41) is 8.79. The second-order valence-electron chi connectivity index (χ2n) is 4.77. The fraction of sp³-hybridized carbons (Fsp3) is 0.176. The van der Waals surface area contributed by atoms with Gasteiger partial charge in [-0.3, -0.25) is 9.59 Å². The molecule has 0 aromatic heterocycles. The number of hydrogen-bond donors (Lipinski definition) is 0. The minimum atomic E-state index is -0.573. The number of nitrogens with zero attached hydrogens (tertiary/aromatic N) is 4. The Kier molecular flexibility index (Phi) is 5.86. The molecular weight excluding hydrogens is 308 g/mol. The van der Waals surface area contributed by atoms with Gasteiger partial charge in [-0.05, 0) is 6.07 Å². The van der Waals surface area contributed by atoms with Gasteiger partial charge in [-0.25, -0.2) is 4.85 Å².